The number of aromatic hydroxyl groups is 1. The number of fused-ring (bicyclic) bond motifs is 1. The van der Waals surface area contributed by atoms with Crippen LogP contribution in [0.2, 0.25) is 5.02 Å². The molecule has 0 aliphatic rings. The van der Waals surface area contributed by atoms with Gasteiger partial charge in [0.2, 0.25) is 0 Å². The first-order valence-corrected chi connectivity index (χ1v) is 7.68. The van der Waals surface area contributed by atoms with Crippen molar-refractivity contribution in [3.8, 4) is 5.75 Å². The Morgan fingerprint density at radius 3 is 2.62 bits per heavy atom. The van der Waals surface area contributed by atoms with Gasteiger partial charge >= 0.3 is 5.97 Å². The first-order valence-electron chi connectivity index (χ1n) is 7.31. The Labute approximate surface area is 151 Å². The number of nitrogens with zero attached hydrogens (tertiary/aromatic N) is 2. The molecule has 3 rings (SSSR count). The summed E-state index contributed by atoms with van der Waals surface area (Å²) in [6, 6.07) is 8.50. The number of carbonyl (C=O) groups is 2. The number of phenols is 1. The number of hydrogen-bond acceptors (Lipinski definition) is 5. The van der Waals surface area contributed by atoms with E-state index >= 15 is 0 Å². The molecule has 0 atom stereocenters. The Balaban J connectivity index is 2.19. The van der Waals surface area contributed by atoms with E-state index in [1.165, 1.54) is 47.2 Å². The van der Waals surface area contributed by atoms with Crippen LogP contribution < -0.4 is 0 Å². The number of carboxylic acid groups (broad SMARTS) is 1. The molecule has 1 aromatic heterocycles. The molecule has 0 bridgehead atoms. The smallest absolute Gasteiger partial charge is 0.377 e. The maximum absolute atomic E-state index is 11.9. The van der Waals surface area contributed by atoms with E-state index in [9.17, 15) is 24.8 Å². The molecule has 26 heavy (non-hydrogen) atoms. The van der Waals surface area contributed by atoms with Crippen LogP contribution in [0, 0.1) is 10.1 Å². The molecule has 8 nitrogen and oxygen atoms in total. The van der Waals surface area contributed by atoms with Crippen LogP contribution in [0.25, 0.3) is 10.9 Å². The third-order valence-electron chi connectivity index (χ3n) is 3.90. The van der Waals surface area contributed by atoms with Gasteiger partial charge in [0.05, 0.1) is 22.5 Å². The van der Waals surface area contributed by atoms with E-state index in [2.05, 4.69) is 0 Å². The number of carbonyl (C=O) groups excluding carboxylic acids is 1. The van der Waals surface area contributed by atoms with E-state index in [0.717, 1.165) is 0 Å². The van der Waals surface area contributed by atoms with Crippen LogP contribution in [-0.4, -0.2) is 31.5 Å². The number of halogens is 1. The molecule has 1 heterocycles. The maximum Gasteiger partial charge on any atom is 0.377 e. The molecule has 0 amide bonds. The van der Waals surface area contributed by atoms with Crippen molar-refractivity contribution in [1.29, 1.82) is 0 Å². The zero-order valence-corrected chi connectivity index (χ0v) is 13.8. The average molecular weight is 375 g/mol. The van der Waals surface area contributed by atoms with Gasteiger partial charge in [0.1, 0.15) is 5.75 Å². The lowest BCUT2D eigenvalue weighted by molar-refractivity contribution is -0.385. The minimum Gasteiger partial charge on any atom is -0.506 e. The number of Topliss-reactive ketones (excluding diaryl/α,β-unsaturated/α-hetero) is 1. The highest BCUT2D eigenvalue weighted by molar-refractivity contribution is 6.42. The second kappa shape index (κ2) is 6.49. The van der Waals surface area contributed by atoms with Crippen LogP contribution in [0.5, 0.6) is 5.75 Å². The molecule has 2 N–H and O–H groups in total. The third-order valence-corrected chi connectivity index (χ3v) is 4.14. The first kappa shape index (κ1) is 17.4. The van der Waals surface area contributed by atoms with Gasteiger partial charge in [0.25, 0.3) is 11.5 Å². The topological polar surface area (TPSA) is 123 Å². The van der Waals surface area contributed by atoms with Crippen LogP contribution in [-0.2, 0) is 11.3 Å². The van der Waals surface area contributed by atoms with E-state index in [1.807, 2.05) is 0 Å². The van der Waals surface area contributed by atoms with Gasteiger partial charge in [-0.25, -0.2) is 4.79 Å². The molecule has 0 saturated carbocycles. The van der Waals surface area contributed by atoms with Crippen molar-refractivity contribution in [2.75, 3.05) is 0 Å². The van der Waals surface area contributed by atoms with Crippen molar-refractivity contribution < 1.29 is 24.7 Å². The number of para-hydroxylation sites is 1. The van der Waals surface area contributed by atoms with Crippen molar-refractivity contribution in [2.45, 2.75) is 6.54 Å². The van der Waals surface area contributed by atoms with Gasteiger partial charge in [-0.15, -0.1) is 0 Å². The zero-order chi connectivity index (χ0) is 19.0. The van der Waals surface area contributed by atoms with Crippen molar-refractivity contribution in [1.82, 2.24) is 4.57 Å². The fourth-order valence-corrected chi connectivity index (χ4v) is 2.95. The van der Waals surface area contributed by atoms with Gasteiger partial charge in [-0.05, 0) is 18.2 Å². The monoisotopic (exact) mass is 374 g/mol. The molecule has 0 aliphatic heterocycles. The number of aromatic nitrogens is 1. The predicted octanol–water partition coefficient (Wildman–Crippen LogP) is 3.22. The van der Waals surface area contributed by atoms with Crippen LogP contribution >= 0.6 is 11.6 Å². The summed E-state index contributed by atoms with van der Waals surface area (Å²) in [6.07, 6.45) is 1.26. The van der Waals surface area contributed by atoms with E-state index in [1.54, 1.807) is 0 Å². The van der Waals surface area contributed by atoms with Gasteiger partial charge in [-0.1, -0.05) is 23.7 Å². The summed E-state index contributed by atoms with van der Waals surface area (Å²) in [7, 11) is 0. The molecule has 0 radical (unpaired) electrons. The van der Waals surface area contributed by atoms with Crippen molar-refractivity contribution in [3.63, 3.8) is 0 Å². The number of rotatable bonds is 5. The largest absolute Gasteiger partial charge is 0.506 e. The number of nitro benzene ring substituents is 1. The number of carboxylic acids is 1. The van der Waals surface area contributed by atoms with Crippen LogP contribution in [0.15, 0.2) is 42.6 Å². The predicted molar refractivity (Wildman–Crippen MR) is 92.8 cm³/mol. The van der Waals surface area contributed by atoms with Gasteiger partial charge in [-0.3, -0.25) is 14.9 Å². The summed E-state index contributed by atoms with van der Waals surface area (Å²) >= 11 is 5.80. The second-order valence-corrected chi connectivity index (χ2v) is 5.94. The molecular formula is C17H11ClN2O6. The van der Waals surface area contributed by atoms with E-state index in [-0.39, 0.29) is 45.0 Å². The van der Waals surface area contributed by atoms with E-state index < -0.39 is 16.7 Å². The normalized spacial score (nSPS) is 10.8. The number of aliphatic carboxylic acids is 1. The van der Waals surface area contributed by atoms with E-state index in [0.29, 0.717) is 0 Å². The standard InChI is InChI=1S/C17H11ClN2O6/c18-10-5-4-9(13(6-10)20(25)26)7-19-8-12(16(22)17(23)24)11-2-1-3-14(21)15(11)19/h1-6,8,21H,7H2,(H,23,24). The molecule has 132 valence electrons. The summed E-state index contributed by atoms with van der Waals surface area (Å²) < 4.78 is 1.40. The number of nitro groups is 1. The van der Waals surface area contributed by atoms with Crippen LogP contribution in [0.3, 0.4) is 0 Å². The maximum atomic E-state index is 11.9. The molecule has 2 aromatic carbocycles. The highest BCUT2D eigenvalue weighted by Crippen LogP contribution is 2.32. The summed E-state index contributed by atoms with van der Waals surface area (Å²) in [5, 5.41) is 30.8. The quantitative estimate of drug-likeness (QED) is 0.306. The molecule has 3 aromatic rings. The number of hydrogen-bond donors (Lipinski definition) is 2. The highest BCUT2D eigenvalue weighted by Gasteiger charge is 2.23. The van der Waals surface area contributed by atoms with Crippen molar-refractivity contribution in [3.05, 3.63) is 68.9 Å². The Morgan fingerprint density at radius 2 is 1.96 bits per heavy atom. The Kier molecular flexibility index (Phi) is 4.35. The summed E-state index contributed by atoms with van der Waals surface area (Å²) in [4.78, 5) is 33.7. The minimum absolute atomic E-state index is 0.0611. The Bertz CT molecular complexity index is 1070. The molecule has 0 spiro atoms. The zero-order valence-electron chi connectivity index (χ0n) is 13.0. The molecule has 0 unspecified atom stereocenters. The lowest BCUT2D eigenvalue weighted by Gasteiger charge is -2.08. The first-order chi connectivity index (χ1) is 12.3. The fraction of sp³-hybridized carbons (Fsp3) is 0.0588. The second-order valence-electron chi connectivity index (χ2n) is 5.51. The minimum atomic E-state index is -1.63. The van der Waals surface area contributed by atoms with Crippen LogP contribution in [0.1, 0.15) is 15.9 Å². The van der Waals surface area contributed by atoms with E-state index in [4.69, 9.17) is 16.7 Å². The number of phenolic OH excluding ortho intramolecular Hbond substituents is 1. The molecule has 0 saturated heterocycles. The molecule has 0 fully saturated rings. The van der Waals surface area contributed by atoms with Gasteiger partial charge < -0.3 is 14.8 Å². The van der Waals surface area contributed by atoms with Gasteiger partial charge in [0, 0.05) is 28.2 Å². The third kappa shape index (κ3) is 2.98. The van der Waals surface area contributed by atoms with Crippen LogP contribution in [0.4, 0.5) is 5.69 Å². The molecule has 9 heteroatoms. The van der Waals surface area contributed by atoms with Gasteiger partial charge in [-0.2, -0.15) is 0 Å². The number of ketones is 1. The highest BCUT2D eigenvalue weighted by atomic mass is 35.5. The molecule has 0 aliphatic carbocycles. The summed E-state index contributed by atoms with van der Waals surface area (Å²) in [6.45, 7) is -0.0611. The van der Waals surface area contributed by atoms with Crippen molar-refractivity contribution >= 4 is 39.9 Å². The van der Waals surface area contributed by atoms with Gasteiger partial charge in [0.15, 0.2) is 0 Å². The Hall–Kier alpha value is -3.39. The lowest BCUT2D eigenvalue weighted by Crippen LogP contribution is -2.12. The summed E-state index contributed by atoms with van der Waals surface area (Å²) in [5.41, 5.74) is 0.163. The molecular weight excluding hydrogens is 364 g/mol. The summed E-state index contributed by atoms with van der Waals surface area (Å²) in [5.74, 6) is -2.95. The lowest BCUT2D eigenvalue weighted by atomic mass is 10.1. The Morgan fingerprint density at radius 1 is 1.23 bits per heavy atom. The fourth-order valence-electron chi connectivity index (χ4n) is 2.79. The average Bonchev–Trinajstić information content (AvgIpc) is 2.95. The SMILES string of the molecule is O=C(O)C(=O)c1cn(Cc2ccc(Cl)cc2[N+](=O)[O-])c2c(O)cccc12. The number of benzene rings is 2. The van der Waals surface area contributed by atoms with Crippen molar-refractivity contribution in [2.24, 2.45) is 0 Å².